The summed E-state index contributed by atoms with van der Waals surface area (Å²) in [7, 11) is 0. The summed E-state index contributed by atoms with van der Waals surface area (Å²) in [4.78, 5) is 16.3. The number of benzene rings is 1. The van der Waals surface area contributed by atoms with Crippen LogP contribution >= 0.6 is 0 Å². The van der Waals surface area contributed by atoms with E-state index in [-0.39, 0.29) is 12.3 Å². The van der Waals surface area contributed by atoms with Crippen molar-refractivity contribution in [3.8, 4) is 5.75 Å². The smallest absolute Gasteiger partial charge is 0.406 e. The van der Waals surface area contributed by atoms with E-state index >= 15 is 0 Å². The van der Waals surface area contributed by atoms with E-state index in [1.165, 1.54) is 24.3 Å². The van der Waals surface area contributed by atoms with Crippen molar-refractivity contribution in [2.75, 3.05) is 5.32 Å². The van der Waals surface area contributed by atoms with E-state index < -0.39 is 12.4 Å². The molecule has 7 nitrogen and oxygen atoms in total. The molecule has 0 bridgehead atoms. The number of pyridine rings is 1. The number of hydrogen-bond donors (Lipinski definition) is 2. The molecule has 2 N–H and O–H groups in total. The molecule has 1 aromatic carbocycles. The van der Waals surface area contributed by atoms with Crippen LogP contribution in [0.3, 0.4) is 0 Å². The molecule has 3 aromatic rings. The van der Waals surface area contributed by atoms with Gasteiger partial charge in [-0.3, -0.25) is 0 Å². The molecule has 0 aliphatic carbocycles. The number of amides is 2. The van der Waals surface area contributed by atoms with Gasteiger partial charge in [-0.15, -0.1) is 13.2 Å². The number of ether oxygens (including phenoxy) is 1. The molecule has 0 radical (unpaired) electrons. The van der Waals surface area contributed by atoms with Gasteiger partial charge in [-0.25, -0.2) is 14.3 Å². The number of nitrogens with one attached hydrogen (secondary N) is 2. The van der Waals surface area contributed by atoms with Gasteiger partial charge >= 0.3 is 12.4 Å². The van der Waals surface area contributed by atoms with Crippen molar-refractivity contribution in [3.05, 3.63) is 54.0 Å². The number of fused-ring (bicyclic) bond motifs is 1. The summed E-state index contributed by atoms with van der Waals surface area (Å²) >= 11 is 0. The average molecular weight is 365 g/mol. The molecule has 26 heavy (non-hydrogen) atoms. The number of carbonyl (C=O) groups is 1. The van der Waals surface area contributed by atoms with Crippen LogP contribution in [0.25, 0.3) is 5.65 Å². The van der Waals surface area contributed by atoms with Crippen molar-refractivity contribution in [1.29, 1.82) is 0 Å². The quantitative estimate of drug-likeness (QED) is 0.744. The number of aryl methyl sites for hydroxylation is 1. The molecule has 0 spiro atoms. The van der Waals surface area contributed by atoms with Gasteiger partial charge in [-0.1, -0.05) is 12.1 Å². The van der Waals surface area contributed by atoms with Crippen molar-refractivity contribution >= 4 is 17.4 Å². The SMILES string of the molecule is Cc1nc2c(NC(=O)NCc3ccc(OC(F)(F)F)cc3)cccn2n1. The summed E-state index contributed by atoms with van der Waals surface area (Å²) in [5.41, 5.74) is 1.61. The predicted octanol–water partition coefficient (Wildman–Crippen LogP) is 3.26. The van der Waals surface area contributed by atoms with Gasteiger partial charge in [0.25, 0.3) is 0 Å². The first-order valence-corrected chi connectivity index (χ1v) is 7.52. The predicted molar refractivity (Wildman–Crippen MR) is 86.7 cm³/mol. The van der Waals surface area contributed by atoms with Crippen LogP contribution in [0.5, 0.6) is 5.75 Å². The van der Waals surface area contributed by atoms with Crippen LogP contribution in [0, 0.1) is 6.92 Å². The Hall–Kier alpha value is -3.30. The molecule has 136 valence electrons. The van der Waals surface area contributed by atoms with Crippen molar-refractivity contribution in [1.82, 2.24) is 19.9 Å². The van der Waals surface area contributed by atoms with Gasteiger partial charge in [-0.2, -0.15) is 5.10 Å². The zero-order valence-corrected chi connectivity index (χ0v) is 13.5. The highest BCUT2D eigenvalue weighted by Gasteiger charge is 2.30. The van der Waals surface area contributed by atoms with Crippen molar-refractivity contribution < 1.29 is 22.7 Å². The summed E-state index contributed by atoms with van der Waals surface area (Å²) in [5, 5.41) is 9.43. The highest BCUT2D eigenvalue weighted by Crippen LogP contribution is 2.22. The fourth-order valence-corrected chi connectivity index (χ4v) is 2.27. The molecule has 0 saturated heterocycles. The zero-order valence-electron chi connectivity index (χ0n) is 13.5. The minimum absolute atomic E-state index is 0.132. The Morgan fingerprint density at radius 1 is 1.23 bits per heavy atom. The number of anilines is 1. The molecule has 0 atom stereocenters. The average Bonchev–Trinajstić information content (AvgIpc) is 2.94. The minimum Gasteiger partial charge on any atom is -0.406 e. The summed E-state index contributed by atoms with van der Waals surface area (Å²) in [5.74, 6) is 0.250. The molecule has 0 aliphatic heterocycles. The van der Waals surface area contributed by atoms with Gasteiger partial charge in [0, 0.05) is 12.7 Å². The monoisotopic (exact) mass is 365 g/mol. The molecule has 0 unspecified atom stereocenters. The number of aromatic nitrogens is 3. The molecule has 2 heterocycles. The van der Waals surface area contributed by atoms with Gasteiger partial charge in [0.2, 0.25) is 0 Å². The molecule has 10 heteroatoms. The van der Waals surface area contributed by atoms with Crippen LogP contribution in [0.15, 0.2) is 42.6 Å². The third-order valence-electron chi connectivity index (χ3n) is 3.33. The maximum Gasteiger partial charge on any atom is 0.573 e. The summed E-state index contributed by atoms with van der Waals surface area (Å²) in [6.45, 7) is 1.87. The van der Waals surface area contributed by atoms with E-state index in [2.05, 4.69) is 25.5 Å². The van der Waals surface area contributed by atoms with Crippen LogP contribution < -0.4 is 15.4 Å². The summed E-state index contributed by atoms with van der Waals surface area (Å²) in [6, 6.07) is 8.16. The first kappa shape index (κ1) is 17.5. The Kier molecular flexibility index (Phi) is 4.65. The maximum atomic E-state index is 12.1. The largest absolute Gasteiger partial charge is 0.573 e. The molecule has 0 fully saturated rings. The Morgan fingerprint density at radius 2 is 1.96 bits per heavy atom. The molecule has 2 aromatic heterocycles. The lowest BCUT2D eigenvalue weighted by Gasteiger charge is -2.10. The number of rotatable bonds is 4. The number of alkyl halides is 3. The normalized spacial score (nSPS) is 11.4. The van der Waals surface area contributed by atoms with Crippen molar-refractivity contribution in [2.24, 2.45) is 0 Å². The van der Waals surface area contributed by atoms with E-state index in [0.29, 0.717) is 22.7 Å². The number of hydrogen-bond acceptors (Lipinski definition) is 4. The second-order valence-electron chi connectivity index (χ2n) is 5.35. The third kappa shape index (κ3) is 4.41. The Morgan fingerprint density at radius 3 is 2.65 bits per heavy atom. The van der Waals surface area contributed by atoms with Crippen LogP contribution in [0.2, 0.25) is 0 Å². The van der Waals surface area contributed by atoms with E-state index in [9.17, 15) is 18.0 Å². The number of halogens is 3. The second kappa shape index (κ2) is 6.90. The van der Waals surface area contributed by atoms with E-state index in [1.807, 2.05) is 0 Å². The van der Waals surface area contributed by atoms with Gasteiger partial charge in [0.15, 0.2) is 5.65 Å². The number of nitrogens with zero attached hydrogens (tertiary/aromatic N) is 3. The van der Waals surface area contributed by atoms with Gasteiger partial charge in [-0.05, 0) is 36.8 Å². The van der Waals surface area contributed by atoms with Crippen LogP contribution in [-0.2, 0) is 6.54 Å². The molecular formula is C16H14F3N5O2. The van der Waals surface area contributed by atoms with Crippen molar-refractivity contribution in [2.45, 2.75) is 19.8 Å². The Balaban J connectivity index is 1.58. The lowest BCUT2D eigenvalue weighted by atomic mass is 10.2. The highest BCUT2D eigenvalue weighted by atomic mass is 19.4. The topological polar surface area (TPSA) is 80.5 Å². The Labute approximate surface area is 145 Å². The standard InChI is InChI=1S/C16H14F3N5O2/c1-10-21-14-13(3-2-8-24(14)23-10)22-15(25)20-9-11-4-6-12(7-5-11)26-16(17,18)19/h2-8H,9H2,1H3,(H2,20,22,25). The minimum atomic E-state index is -4.74. The number of urea groups is 1. The van der Waals surface area contributed by atoms with E-state index in [0.717, 1.165) is 0 Å². The van der Waals surface area contributed by atoms with E-state index in [1.54, 1.807) is 29.8 Å². The van der Waals surface area contributed by atoms with Crippen LogP contribution in [0.1, 0.15) is 11.4 Å². The van der Waals surface area contributed by atoms with Gasteiger partial charge in [0.1, 0.15) is 11.6 Å². The fourth-order valence-electron chi connectivity index (χ4n) is 2.27. The molecule has 2 amide bonds. The first-order valence-electron chi connectivity index (χ1n) is 7.52. The van der Waals surface area contributed by atoms with Gasteiger partial charge < -0.3 is 15.4 Å². The van der Waals surface area contributed by atoms with Crippen molar-refractivity contribution in [3.63, 3.8) is 0 Å². The van der Waals surface area contributed by atoms with E-state index in [4.69, 9.17) is 0 Å². The summed E-state index contributed by atoms with van der Waals surface area (Å²) < 4.78 is 41.7. The lowest BCUT2D eigenvalue weighted by Crippen LogP contribution is -2.28. The third-order valence-corrected chi connectivity index (χ3v) is 3.33. The molecule has 0 saturated carbocycles. The van der Waals surface area contributed by atoms with Crippen LogP contribution in [-0.4, -0.2) is 27.0 Å². The van der Waals surface area contributed by atoms with Gasteiger partial charge in [0.05, 0.1) is 5.69 Å². The molecular weight excluding hydrogens is 351 g/mol. The highest BCUT2D eigenvalue weighted by molar-refractivity contribution is 5.92. The molecule has 0 aliphatic rings. The maximum absolute atomic E-state index is 12.1. The zero-order chi connectivity index (χ0) is 18.7. The molecule has 3 rings (SSSR count). The fraction of sp³-hybridized carbons (Fsp3) is 0.188. The lowest BCUT2D eigenvalue weighted by molar-refractivity contribution is -0.274. The first-order chi connectivity index (χ1) is 12.3. The number of carbonyl (C=O) groups excluding carboxylic acids is 1. The second-order valence-corrected chi connectivity index (χ2v) is 5.35. The summed E-state index contributed by atoms with van der Waals surface area (Å²) in [6.07, 6.45) is -3.02. The Bertz CT molecular complexity index is 922. The van der Waals surface area contributed by atoms with Crippen LogP contribution in [0.4, 0.5) is 23.7 Å².